The van der Waals surface area contributed by atoms with E-state index in [0.717, 1.165) is 11.4 Å². The summed E-state index contributed by atoms with van der Waals surface area (Å²) in [4.78, 5) is 4.39. The van der Waals surface area contributed by atoms with Crippen LogP contribution >= 0.6 is 22.6 Å². The van der Waals surface area contributed by atoms with E-state index in [4.69, 9.17) is 4.74 Å². The zero-order chi connectivity index (χ0) is 13.9. The van der Waals surface area contributed by atoms with Crippen LogP contribution in [0, 0.1) is 6.92 Å². The maximum absolute atomic E-state index is 5.88. The van der Waals surface area contributed by atoms with Crippen molar-refractivity contribution in [3.63, 3.8) is 0 Å². The molecule has 2 aromatic rings. The van der Waals surface area contributed by atoms with Crippen molar-refractivity contribution in [1.29, 1.82) is 0 Å². The van der Waals surface area contributed by atoms with Crippen molar-refractivity contribution >= 4 is 22.6 Å². The van der Waals surface area contributed by atoms with Crippen LogP contribution in [0.25, 0.3) is 0 Å². The quantitative estimate of drug-likeness (QED) is 0.551. The van der Waals surface area contributed by atoms with Gasteiger partial charge in [0.05, 0.1) is 0 Å². The molecule has 0 saturated carbocycles. The number of benzene rings is 1. The minimum atomic E-state index is 0.672. The Bertz CT molecular complexity index is 612. The zero-order valence-corrected chi connectivity index (χ0v) is 13.8. The lowest BCUT2D eigenvalue weighted by Gasteiger charge is -2.24. The average Bonchev–Trinajstić information content (AvgIpc) is 2.46. The molecule has 0 N–H and O–H groups in total. The molecular formula is C17H18INO. The predicted molar refractivity (Wildman–Crippen MR) is 90.1 cm³/mol. The van der Waals surface area contributed by atoms with Gasteiger partial charge in [-0.1, -0.05) is 34.7 Å². The van der Waals surface area contributed by atoms with Crippen LogP contribution in [-0.4, -0.2) is 9.41 Å². The first-order chi connectivity index (χ1) is 9.76. The molecule has 0 fully saturated rings. The highest BCUT2D eigenvalue weighted by molar-refractivity contribution is 14.1. The summed E-state index contributed by atoms with van der Waals surface area (Å²) < 4.78 is 7.08. The van der Waals surface area contributed by atoms with Crippen molar-refractivity contribution in [2.24, 2.45) is 0 Å². The predicted octanol–water partition coefficient (Wildman–Crippen LogP) is 5.04. The number of hydrogen-bond donors (Lipinski definition) is 0. The number of nitrogens with zero attached hydrogens (tertiary/aromatic N) is 1. The maximum atomic E-state index is 5.88. The Balaban J connectivity index is 1.85. The molecule has 3 heteroatoms. The highest BCUT2D eigenvalue weighted by atomic mass is 127. The van der Waals surface area contributed by atoms with Gasteiger partial charge in [-0.2, -0.15) is 0 Å². The first-order valence-electron chi connectivity index (χ1n) is 7.06. The summed E-state index contributed by atoms with van der Waals surface area (Å²) in [5, 5.41) is 0. The van der Waals surface area contributed by atoms with E-state index in [-0.39, 0.29) is 0 Å². The highest BCUT2D eigenvalue weighted by Crippen LogP contribution is 2.35. The standard InChI is InChI=1S/C17H18INO/c1-12-4-2-7-17(19-12)20-15-8-9-16-13(10-15)5-3-6-14(16)11-18/h2,4,7-10,14H,3,5-6,11H2,1H3. The largest absolute Gasteiger partial charge is 0.439 e. The minimum absolute atomic E-state index is 0.672. The Morgan fingerprint density at radius 1 is 1.30 bits per heavy atom. The molecule has 1 aliphatic rings. The zero-order valence-electron chi connectivity index (χ0n) is 11.6. The third-order valence-corrected chi connectivity index (χ3v) is 4.89. The van der Waals surface area contributed by atoms with Gasteiger partial charge in [0.25, 0.3) is 0 Å². The van der Waals surface area contributed by atoms with Crippen molar-refractivity contribution < 1.29 is 4.74 Å². The van der Waals surface area contributed by atoms with Crippen LogP contribution in [0.15, 0.2) is 36.4 Å². The lowest BCUT2D eigenvalue weighted by molar-refractivity contribution is 0.459. The molecule has 0 spiro atoms. The molecule has 0 radical (unpaired) electrons. The summed E-state index contributed by atoms with van der Waals surface area (Å²) >= 11 is 2.49. The minimum Gasteiger partial charge on any atom is -0.439 e. The van der Waals surface area contributed by atoms with Gasteiger partial charge >= 0.3 is 0 Å². The smallest absolute Gasteiger partial charge is 0.219 e. The van der Waals surface area contributed by atoms with Crippen molar-refractivity contribution in [3.05, 3.63) is 53.2 Å². The van der Waals surface area contributed by atoms with Crippen molar-refractivity contribution in [2.75, 3.05) is 4.43 Å². The van der Waals surface area contributed by atoms with E-state index in [0.29, 0.717) is 11.8 Å². The number of alkyl halides is 1. The van der Waals surface area contributed by atoms with Gasteiger partial charge < -0.3 is 4.74 Å². The number of halogens is 1. The third kappa shape index (κ3) is 2.97. The van der Waals surface area contributed by atoms with Crippen LogP contribution in [0.1, 0.15) is 35.6 Å². The maximum Gasteiger partial charge on any atom is 0.219 e. The first kappa shape index (κ1) is 13.9. The Kier molecular flexibility index (Phi) is 4.24. The lowest BCUT2D eigenvalue weighted by Crippen LogP contribution is -2.10. The van der Waals surface area contributed by atoms with E-state index in [9.17, 15) is 0 Å². The molecule has 0 aliphatic heterocycles. The number of pyridine rings is 1. The molecule has 3 rings (SSSR count). The molecule has 1 aliphatic carbocycles. The second-order valence-corrected chi connectivity index (χ2v) is 6.20. The third-order valence-electron chi connectivity index (χ3n) is 3.82. The van der Waals surface area contributed by atoms with Crippen LogP contribution in [0.2, 0.25) is 0 Å². The van der Waals surface area contributed by atoms with E-state index in [2.05, 4.69) is 45.8 Å². The summed E-state index contributed by atoms with van der Waals surface area (Å²) in [6.07, 6.45) is 3.77. The summed E-state index contributed by atoms with van der Waals surface area (Å²) in [6.45, 7) is 1.98. The Morgan fingerprint density at radius 2 is 2.20 bits per heavy atom. The van der Waals surface area contributed by atoms with Gasteiger partial charge in [0.1, 0.15) is 5.75 Å². The lowest BCUT2D eigenvalue weighted by atomic mass is 9.84. The molecule has 1 atom stereocenters. The number of aromatic nitrogens is 1. The second kappa shape index (κ2) is 6.12. The molecule has 20 heavy (non-hydrogen) atoms. The van der Waals surface area contributed by atoms with Crippen LogP contribution in [0.5, 0.6) is 11.6 Å². The molecular weight excluding hydrogens is 361 g/mol. The van der Waals surface area contributed by atoms with Crippen molar-refractivity contribution in [1.82, 2.24) is 4.98 Å². The van der Waals surface area contributed by atoms with Gasteiger partial charge in [0.15, 0.2) is 0 Å². The monoisotopic (exact) mass is 379 g/mol. The van der Waals surface area contributed by atoms with Gasteiger partial charge in [0, 0.05) is 16.2 Å². The average molecular weight is 379 g/mol. The number of aryl methyl sites for hydroxylation is 2. The van der Waals surface area contributed by atoms with Crippen LogP contribution in [-0.2, 0) is 6.42 Å². The van der Waals surface area contributed by atoms with Gasteiger partial charge in [-0.3, -0.25) is 0 Å². The van der Waals surface area contributed by atoms with E-state index < -0.39 is 0 Å². The Morgan fingerprint density at radius 3 is 3.00 bits per heavy atom. The summed E-state index contributed by atoms with van der Waals surface area (Å²) in [5.74, 6) is 2.28. The summed E-state index contributed by atoms with van der Waals surface area (Å²) in [6, 6.07) is 12.4. The fraction of sp³-hybridized carbons (Fsp3) is 0.353. The fourth-order valence-electron chi connectivity index (χ4n) is 2.81. The SMILES string of the molecule is Cc1cccc(Oc2ccc3c(c2)CCCC3CI)n1. The Labute approximate surface area is 133 Å². The normalized spacial score (nSPS) is 17.6. The van der Waals surface area contributed by atoms with Gasteiger partial charge in [-0.05, 0) is 61.4 Å². The summed E-state index contributed by atoms with van der Waals surface area (Å²) in [5.41, 5.74) is 3.93. The van der Waals surface area contributed by atoms with Crippen molar-refractivity contribution in [2.45, 2.75) is 32.1 Å². The number of rotatable bonds is 3. The molecule has 1 aromatic heterocycles. The van der Waals surface area contributed by atoms with E-state index in [1.54, 1.807) is 0 Å². The molecule has 2 nitrogen and oxygen atoms in total. The van der Waals surface area contributed by atoms with E-state index >= 15 is 0 Å². The molecule has 1 heterocycles. The summed E-state index contributed by atoms with van der Waals surface area (Å²) in [7, 11) is 0. The number of ether oxygens (including phenoxy) is 1. The van der Waals surface area contributed by atoms with Crippen molar-refractivity contribution in [3.8, 4) is 11.6 Å². The molecule has 1 unspecified atom stereocenters. The van der Waals surface area contributed by atoms with Gasteiger partial charge in [-0.15, -0.1) is 0 Å². The second-order valence-electron chi connectivity index (χ2n) is 5.32. The first-order valence-corrected chi connectivity index (χ1v) is 8.59. The van der Waals surface area contributed by atoms with Gasteiger partial charge in [-0.25, -0.2) is 4.98 Å². The van der Waals surface area contributed by atoms with E-state index in [1.807, 2.05) is 25.1 Å². The molecule has 0 bridgehead atoms. The van der Waals surface area contributed by atoms with Crippen LogP contribution in [0.3, 0.4) is 0 Å². The topological polar surface area (TPSA) is 22.1 Å². The number of fused-ring (bicyclic) bond motifs is 1. The fourth-order valence-corrected chi connectivity index (χ4v) is 3.73. The molecule has 0 saturated heterocycles. The molecule has 104 valence electrons. The highest BCUT2D eigenvalue weighted by Gasteiger charge is 2.19. The van der Waals surface area contributed by atoms with Gasteiger partial charge in [0.2, 0.25) is 5.88 Å². The van der Waals surface area contributed by atoms with E-state index in [1.165, 1.54) is 34.8 Å². The molecule has 1 aromatic carbocycles. The van der Waals surface area contributed by atoms with Crippen LogP contribution in [0.4, 0.5) is 0 Å². The Hall–Kier alpha value is -1.10. The number of hydrogen-bond acceptors (Lipinski definition) is 2. The van der Waals surface area contributed by atoms with Crippen LogP contribution < -0.4 is 4.74 Å². The molecule has 0 amide bonds.